The van der Waals surface area contributed by atoms with Crippen LogP contribution in [0.1, 0.15) is 37.3 Å². The van der Waals surface area contributed by atoms with Crippen LogP contribution in [-0.2, 0) is 17.6 Å². The quantitative estimate of drug-likeness (QED) is 0.675. The van der Waals surface area contributed by atoms with Crippen molar-refractivity contribution in [2.45, 2.75) is 39.0 Å². The van der Waals surface area contributed by atoms with Gasteiger partial charge in [0.1, 0.15) is 5.75 Å². The van der Waals surface area contributed by atoms with E-state index in [4.69, 9.17) is 4.74 Å². The molecule has 2 heterocycles. The Kier molecular flexibility index (Phi) is 6.73. The molecular weight excluding hydrogens is 372 g/mol. The van der Waals surface area contributed by atoms with Crippen LogP contribution in [0.3, 0.4) is 0 Å². The van der Waals surface area contributed by atoms with Crippen molar-refractivity contribution in [2.75, 3.05) is 38.2 Å². The number of rotatable bonds is 7. The van der Waals surface area contributed by atoms with Crippen molar-refractivity contribution in [2.24, 2.45) is 11.8 Å². The Bertz CT molecular complexity index is 843. The number of likely N-dealkylation sites (tertiary alicyclic amines) is 1. The summed E-state index contributed by atoms with van der Waals surface area (Å²) in [6.07, 6.45) is 5.13. The van der Waals surface area contributed by atoms with E-state index in [9.17, 15) is 4.79 Å². The van der Waals surface area contributed by atoms with Gasteiger partial charge in [-0.05, 0) is 62.4 Å². The SMILES string of the molecule is CC(COc1cccc2c1CCC(=O)N2C)CN1CCC(Cc2ccccc2)CC1. The van der Waals surface area contributed by atoms with E-state index in [1.807, 2.05) is 25.2 Å². The summed E-state index contributed by atoms with van der Waals surface area (Å²) in [5, 5.41) is 0. The van der Waals surface area contributed by atoms with Gasteiger partial charge in [-0.25, -0.2) is 0 Å². The number of nitrogens with zero attached hydrogens (tertiary/aromatic N) is 2. The van der Waals surface area contributed by atoms with Crippen LogP contribution < -0.4 is 9.64 Å². The van der Waals surface area contributed by atoms with Crippen LogP contribution in [-0.4, -0.2) is 44.1 Å². The smallest absolute Gasteiger partial charge is 0.227 e. The standard InChI is InChI=1S/C26H34N2O2/c1-20(18-28-15-13-22(14-16-28)17-21-7-4-3-5-8-21)19-30-25-10-6-9-24-23(25)11-12-26(29)27(24)2/h3-10,20,22H,11-19H2,1-2H3. The van der Waals surface area contributed by atoms with Gasteiger partial charge in [-0.3, -0.25) is 4.79 Å². The molecule has 1 unspecified atom stereocenters. The number of fused-ring (bicyclic) bond motifs is 1. The van der Waals surface area contributed by atoms with Crippen molar-refractivity contribution in [3.8, 4) is 5.75 Å². The number of piperidine rings is 1. The normalized spacial score (nSPS) is 18.9. The maximum atomic E-state index is 12.0. The molecular formula is C26H34N2O2. The number of amides is 1. The molecule has 1 amide bonds. The monoisotopic (exact) mass is 406 g/mol. The van der Waals surface area contributed by atoms with Gasteiger partial charge >= 0.3 is 0 Å². The summed E-state index contributed by atoms with van der Waals surface area (Å²) >= 11 is 0. The first-order chi connectivity index (χ1) is 14.6. The number of anilines is 1. The second-order valence-corrected chi connectivity index (χ2v) is 9.06. The summed E-state index contributed by atoms with van der Waals surface area (Å²) in [6, 6.07) is 16.9. The van der Waals surface area contributed by atoms with Gasteiger partial charge in [0.2, 0.25) is 5.91 Å². The van der Waals surface area contributed by atoms with Crippen molar-refractivity contribution in [3.63, 3.8) is 0 Å². The molecule has 0 saturated carbocycles. The fraction of sp³-hybridized carbons (Fsp3) is 0.500. The Balaban J connectivity index is 1.23. The molecule has 0 aliphatic carbocycles. The third-order valence-electron chi connectivity index (χ3n) is 6.60. The molecule has 1 fully saturated rings. The van der Waals surface area contributed by atoms with Crippen LogP contribution >= 0.6 is 0 Å². The lowest BCUT2D eigenvalue weighted by molar-refractivity contribution is -0.118. The Morgan fingerprint density at radius 3 is 2.57 bits per heavy atom. The lowest BCUT2D eigenvalue weighted by Gasteiger charge is -2.33. The van der Waals surface area contributed by atoms with Crippen LogP contribution in [0.25, 0.3) is 0 Å². The fourth-order valence-electron chi connectivity index (χ4n) is 4.83. The van der Waals surface area contributed by atoms with Crippen molar-refractivity contribution < 1.29 is 9.53 Å². The number of ether oxygens (including phenoxy) is 1. The van der Waals surface area contributed by atoms with Gasteiger partial charge in [-0.2, -0.15) is 0 Å². The van der Waals surface area contributed by atoms with Crippen molar-refractivity contribution in [1.82, 2.24) is 4.90 Å². The molecule has 2 aliphatic heterocycles. The molecule has 2 aromatic rings. The minimum Gasteiger partial charge on any atom is -0.493 e. The summed E-state index contributed by atoms with van der Waals surface area (Å²) in [6.45, 7) is 6.47. The van der Waals surface area contributed by atoms with E-state index in [2.05, 4.69) is 42.2 Å². The Hall–Kier alpha value is -2.33. The number of hydrogen-bond donors (Lipinski definition) is 0. The predicted octanol–water partition coefficient (Wildman–Crippen LogP) is 4.57. The van der Waals surface area contributed by atoms with Crippen LogP contribution in [0, 0.1) is 11.8 Å². The van der Waals surface area contributed by atoms with Crippen molar-refractivity contribution in [1.29, 1.82) is 0 Å². The second kappa shape index (κ2) is 9.65. The average Bonchev–Trinajstić information content (AvgIpc) is 2.77. The third kappa shape index (κ3) is 5.04. The third-order valence-corrected chi connectivity index (χ3v) is 6.60. The highest BCUT2D eigenvalue weighted by Crippen LogP contribution is 2.34. The summed E-state index contributed by atoms with van der Waals surface area (Å²) in [5.41, 5.74) is 3.64. The Morgan fingerprint density at radius 1 is 1.03 bits per heavy atom. The minimum absolute atomic E-state index is 0.184. The van der Waals surface area contributed by atoms with Gasteiger partial charge < -0.3 is 14.5 Å². The van der Waals surface area contributed by atoms with Gasteiger partial charge in [-0.1, -0.05) is 43.3 Å². The van der Waals surface area contributed by atoms with E-state index in [0.29, 0.717) is 12.3 Å². The molecule has 0 aromatic heterocycles. The number of benzene rings is 2. The van der Waals surface area contributed by atoms with Crippen LogP contribution in [0.4, 0.5) is 5.69 Å². The Morgan fingerprint density at radius 2 is 1.80 bits per heavy atom. The van der Waals surface area contributed by atoms with Gasteiger partial charge in [0.05, 0.1) is 12.3 Å². The molecule has 4 nitrogen and oxygen atoms in total. The second-order valence-electron chi connectivity index (χ2n) is 9.06. The molecule has 1 atom stereocenters. The minimum atomic E-state index is 0.184. The van der Waals surface area contributed by atoms with Gasteiger partial charge in [-0.15, -0.1) is 0 Å². The first-order valence-electron chi connectivity index (χ1n) is 11.4. The molecule has 1 saturated heterocycles. The van der Waals surface area contributed by atoms with Gasteiger partial charge in [0.25, 0.3) is 0 Å². The van der Waals surface area contributed by atoms with Crippen LogP contribution in [0.5, 0.6) is 5.75 Å². The lowest BCUT2D eigenvalue weighted by atomic mass is 9.90. The van der Waals surface area contributed by atoms with E-state index in [-0.39, 0.29) is 5.91 Å². The number of carbonyl (C=O) groups is 1. The van der Waals surface area contributed by atoms with E-state index in [0.717, 1.165) is 36.9 Å². The zero-order chi connectivity index (χ0) is 20.9. The van der Waals surface area contributed by atoms with E-state index < -0.39 is 0 Å². The maximum absolute atomic E-state index is 12.0. The summed E-state index contributed by atoms with van der Waals surface area (Å²) in [4.78, 5) is 16.3. The van der Waals surface area contributed by atoms with Gasteiger partial charge in [0, 0.05) is 31.5 Å². The van der Waals surface area contributed by atoms with Gasteiger partial charge in [0.15, 0.2) is 0 Å². The summed E-state index contributed by atoms with van der Waals surface area (Å²) < 4.78 is 6.23. The molecule has 0 spiro atoms. The largest absolute Gasteiger partial charge is 0.493 e. The van der Waals surface area contributed by atoms with E-state index >= 15 is 0 Å². The first kappa shape index (κ1) is 20.9. The number of carbonyl (C=O) groups excluding carboxylic acids is 1. The van der Waals surface area contributed by atoms with Crippen LogP contribution in [0.15, 0.2) is 48.5 Å². The van der Waals surface area contributed by atoms with E-state index in [1.54, 1.807) is 4.90 Å². The number of hydrogen-bond acceptors (Lipinski definition) is 3. The van der Waals surface area contributed by atoms with Crippen molar-refractivity contribution in [3.05, 3.63) is 59.7 Å². The first-order valence-corrected chi connectivity index (χ1v) is 11.4. The fourth-order valence-corrected chi connectivity index (χ4v) is 4.83. The molecule has 4 rings (SSSR count). The highest BCUT2D eigenvalue weighted by molar-refractivity contribution is 5.96. The molecule has 0 N–H and O–H groups in total. The summed E-state index contributed by atoms with van der Waals surface area (Å²) in [7, 11) is 1.86. The highest BCUT2D eigenvalue weighted by atomic mass is 16.5. The Labute approximate surface area is 180 Å². The van der Waals surface area contributed by atoms with E-state index in [1.165, 1.54) is 43.5 Å². The molecule has 2 aliphatic rings. The summed E-state index contributed by atoms with van der Waals surface area (Å²) in [5.74, 6) is 2.42. The zero-order valence-corrected chi connectivity index (χ0v) is 18.3. The molecule has 0 bridgehead atoms. The molecule has 2 aromatic carbocycles. The maximum Gasteiger partial charge on any atom is 0.227 e. The van der Waals surface area contributed by atoms with Crippen molar-refractivity contribution >= 4 is 11.6 Å². The molecule has 160 valence electrons. The molecule has 30 heavy (non-hydrogen) atoms. The average molecular weight is 407 g/mol. The topological polar surface area (TPSA) is 32.8 Å². The predicted molar refractivity (Wildman–Crippen MR) is 122 cm³/mol. The van der Waals surface area contributed by atoms with Crippen LogP contribution in [0.2, 0.25) is 0 Å². The zero-order valence-electron chi connectivity index (χ0n) is 18.3. The molecule has 4 heteroatoms. The highest BCUT2D eigenvalue weighted by Gasteiger charge is 2.24. The molecule has 0 radical (unpaired) electrons. The lowest BCUT2D eigenvalue weighted by Crippen LogP contribution is -2.38.